The predicted octanol–water partition coefficient (Wildman–Crippen LogP) is 7.22. The molecule has 0 fully saturated rings. The van der Waals surface area contributed by atoms with Crippen LogP contribution in [0.15, 0.2) is 188 Å². The minimum atomic E-state index is -0.235. The average molecular weight is 804 g/mol. The molecule has 9 heteroatoms. The van der Waals surface area contributed by atoms with E-state index in [1.165, 1.54) is 10.9 Å². The largest absolute Gasteiger partial charge is 0.459 e. The van der Waals surface area contributed by atoms with Crippen LogP contribution in [0, 0.1) is 0 Å². The normalized spacial score (nSPS) is 14.4. The van der Waals surface area contributed by atoms with Crippen LogP contribution in [0.25, 0.3) is 0 Å². The topological polar surface area (TPSA) is 43.4 Å². The molecule has 6 nitrogen and oxygen atoms in total. The summed E-state index contributed by atoms with van der Waals surface area (Å²) in [5.74, 6) is 6.74. The molecule has 15 rings (SSSR count). The molecule has 0 aliphatic carbocycles. The van der Waals surface area contributed by atoms with Gasteiger partial charge in [-0.1, -0.05) is 109 Å². The van der Waals surface area contributed by atoms with Crippen LogP contribution in [0.1, 0.15) is 0 Å². The smallest absolute Gasteiger partial charge is 0.260 e. The van der Waals surface area contributed by atoms with Crippen molar-refractivity contribution in [2.24, 2.45) is 0 Å². The summed E-state index contributed by atoms with van der Waals surface area (Å²) in [6.07, 6.45) is 0. The van der Waals surface area contributed by atoms with E-state index in [0.717, 1.165) is 118 Å². The van der Waals surface area contributed by atoms with E-state index in [2.05, 4.69) is 186 Å². The zero-order chi connectivity index (χ0) is 40.9. The molecule has 63 heavy (non-hydrogen) atoms. The second-order valence-electron chi connectivity index (χ2n) is 17.0. The third kappa shape index (κ3) is 4.45. The highest BCUT2D eigenvalue weighted by atomic mass is 16.5. The van der Waals surface area contributed by atoms with Gasteiger partial charge in [-0.25, -0.2) is 0 Å². The van der Waals surface area contributed by atoms with E-state index in [1.54, 1.807) is 0 Å². The van der Waals surface area contributed by atoms with Crippen molar-refractivity contribution in [3.63, 3.8) is 0 Å². The van der Waals surface area contributed by atoms with Crippen molar-refractivity contribution < 1.29 is 18.9 Å². The Labute approximate surface area is 364 Å². The zero-order valence-electron chi connectivity index (χ0n) is 33.7. The molecule has 0 aromatic heterocycles. The molecular formula is C54H31B3N2O4. The van der Waals surface area contributed by atoms with E-state index in [9.17, 15) is 0 Å². The molecule has 290 valence electrons. The Hall–Kier alpha value is -8.03. The number of benzene rings is 9. The van der Waals surface area contributed by atoms with Crippen molar-refractivity contribution >= 4 is 103 Å². The van der Waals surface area contributed by atoms with Crippen LogP contribution in [0.4, 0.5) is 34.1 Å². The van der Waals surface area contributed by atoms with Crippen molar-refractivity contribution in [2.75, 3.05) is 9.80 Å². The third-order valence-corrected chi connectivity index (χ3v) is 13.9. The van der Waals surface area contributed by atoms with Gasteiger partial charge in [-0.2, -0.15) is 0 Å². The summed E-state index contributed by atoms with van der Waals surface area (Å²) in [4.78, 5) is 4.84. The van der Waals surface area contributed by atoms with Crippen molar-refractivity contribution in [1.29, 1.82) is 0 Å². The number of ether oxygens (including phenoxy) is 4. The van der Waals surface area contributed by atoms with Gasteiger partial charge in [0.2, 0.25) is 0 Å². The Morgan fingerprint density at radius 2 is 0.746 bits per heavy atom. The molecule has 0 saturated carbocycles. The van der Waals surface area contributed by atoms with Crippen LogP contribution in [-0.4, -0.2) is 20.1 Å². The van der Waals surface area contributed by atoms with Crippen molar-refractivity contribution in [1.82, 2.24) is 0 Å². The van der Waals surface area contributed by atoms with E-state index in [-0.39, 0.29) is 20.1 Å². The quantitative estimate of drug-likeness (QED) is 0.172. The van der Waals surface area contributed by atoms with Crippen LogP contribution in [0.2, 0.25) is 0 Å². The third-order valence-electron chi connectivity index (χ3n) is 13.9. The van der Waals surface area contributed by atoms with Gasteiger partial charge < -0.3 is 28.7 Å². The predicted molar refractivity (Wildman–Crippen MR) is 256 cm³/mol. The SMILES string of the molecule is c1ccc(N2c3cc4c(cc3B3c5c2cccc5N(c2ccccc2)c2cc5c6c(c23)Oc2ccccc2B6c2ccccc2O5)B2c3ccccc3Oc3cccc(c32)O4)cc1. The van der Waals surface area contributed by atoms with Crippen molar-refractivity contribution in [2.45, 2.75) is 0 Å². The summed E-state index contributed by atoms with van der Waals surface area (Å²) in [6, 6.07) is 66.7. The van der Waals surface area contributed by atoms with Gasteiger partial charge in [0.25, 0.3) is 20.1 Å². The molecular weight excluding hydrogens is 773 g/mol. The number of hydrogen-bond acceptors (Lipinski definition) is 6. The molecule has 9 aromatic carbocycles. The minimum Gasteiger partial charge on any atom is -0.459 e. The van der Waals surface area contributed by atoms with E-state index in [1.807, 2.05) is 12.1 Å². The average Bonchev–Trinajstić information content (AvgIpc) is 3.33. The monoisotopic (exact) mass is 804 g/mol. The molecule has 0 atom stereocenters. The highest BCUT2D eigenvalue weighted by molar-refractivity contribution is 7.04. The first-order valence-corrected chi connectivity index (χ1v) is 21.6. The summed E-state index contributed by atoms with van der Waals surface area (Å²) in [6.45, 7) is -0.409. The van der Waals surface area contributed by atoms with Gasteiger partial charge in [0.1, 0.15) is 46.0 Å². The van der Waals surface area contributed by atoms with E-state index < -0.39 is 0 Å². The molecule has 0 amide bonds. The molecule has 0 saturated heterocycles. The fraction of sp³-hybridized carbons (Fsp3) is 0. The summed E-state index contributed by atoms with van der Waals surface area (Å²) in [7, 11) is 0. The lowest BCUT2D eigenvalue weighted by atomic mass is 9.29. The molecule has 0 radical (unpaired) electrons. The first-order chi connectivity index (χ1) is 31.3. The maximum atomic E-state index is 7.37. The van der Waals surface area contributed by atoms with E-state index in [0.29, 0.717) is 0 Å². The molecule has 0 bridgehead atoms. The Morgan fingerprint density at radius 3 is 1.38 bits per heavy atom. The number of hydrogen-bond donors (Lipinski definition) is 0. The van der Waals surface area contributed by atoms with Gasteiger partial charge in [0.05, 0.1) is 0 Å². The van der Waals surface area contributed by atoms with Crippen LogP contribution < -0.4 is 77.9 Å². The maximum Gasteiger partial charge on any atom is 0.260 e. The van der Waals surface area contributed by atoms with Gasteiger partial charge in [0, 0.05) is 57.2 Å². The zero-order valence-corrected chi connectivity index (χ0v) is 33.7. The summed E-state index contributed by atoms with van der Waals surface area (Å²) < 4.78 is 27.9. The minimum absolute atomic E-state index is 0.0773. The fourth-order valence-corrected chi connectivity index (χ4v) is 11.4. The van der Waals surface area contributed by atoms with Crippen LogP contribution in [0.3, 0.4) is 0 Å². The van der Waals surface area contributed by atoms with Gasteiger partial charge in [-0.05, 0) is 105 Å². The van der Waals surface area contributed by atoms with Gasteiger partial charge in [-0.3, -0.25) is 0 Å². The molecule has 9 aromatic rings. The molecule has 6 heterocycles. The Balaban J connectivity index is 1.07. The highest BCUT2D eigenvalue weighted by Crippen LogP contribution is 2.48. The van der Waals surface area contributed by atoms with Crippen LogP contribution >= 0.6 is 0 Å². The number of anilines is 6. The van der Waals surface area contributed by atoms with Gasteiger partial charge in [-0.15, -0.1) is 0 Å². The first-order valence-electron chi connectivity index (χ1n) is 21.6. The molecule has 6 aliphatic heterocycles. The second-order valence-corrected chi connectivity index (χ2v) is 17.0. The molecule has 6 aliphatic rings. The van der Waals surface area contributed by atoms with Crippen molar-refractivity contribution in [3.05, 3.63) is 188 Å². The maximum absolute atomic E-state index is 7.37. The summed E-state index contributed by atoms with van der Waals surface area (Å²) in [5.41, 5.74) is 16.6. The number of rotatable bonds is 2. The van der Waals surface area contributed by atoms with E-state index >= 15 is 0 Å². The van der Waals surface area contributed by atoms with E-state index in [4.69, 9.17) is 18.9 Å². The van der Waals surface area contributed by atoms with Crippen LogP contribution in [0.5, 0.6) is 46.0 Å². The summed E-state index contributed by atoms with van der Waals surface area (Å²) >= 11 is 0. The Bertz CT molecular complexity index is 3450. The Morgan fingerprint density at radius 1 is 0.270 bits per heavy atom. The molecule has 0 unspecified atom stereocenters. The van der Waals surface area contributed by atoms with Gasteiger partial charge in [0.15, 0.2) is 0 Å². The molecule has 0 spiro atoms. The standard InChI is InChI=1S/C54H31B3N2O4/c1-3-15-32(16-4-1)58-39-22-13-23-40-50(39)57(37-29-38-48(30-41(37)58)62-47-28-14-27-46-52(47)56(38)35-20-8-10-24-43(35)60-46)51-42(59(40)33-17-5-2-6-18-33)31-49-53-54(51)63-45-26-12-9-21-36(45)55(53)34-19-7-11-25-44(34)61-49/h1-31H. The second kappa shape index (κ2) is 12.3. The Kier molecular flexibility index (Phi) is 6.57. The number of nitrogens with zero attached hydrogens (tertiary/aromatic N) is 2. The fourth-order valence-electron chi connectivity index (χ4n) is 11.4. The molecule has 0 N–H and O–H groups in total. The lowest BCUT2D eigenvalue weighted by Gasteiger charge is -2.46. The van der Waals surface area contributed by atoms with Crippen LogP contribution in [-0.2, 0) is 0 Å². The number of para-hydroxylation sites is 5. The lowest BCUT2D eigenvalue weighted by molar-refractivity contribution is 0.464. The number of fused-ring (bicyclic) bond motifs is 13. The van der Waals surface area contributed by atoms with Crippen molar-refractivity contribution in [3.8, 4) is 46.0 Å². The summed E-state index contributed by atoms with van der Waals surface area (Å²) in [5, 5.41) is 0. The highest BCUT2D eigenvalue weighted by Gasteiger charge is 2.51. The lowest BCUT2D eigenvalue weighted by Crippen LogP contribution is -2.66. The first kappa shape index (κ1) is 33.7. The van der Waals surface area contributed by atoms with Gasteiger partial charge >= 0.3 is 0 Å².